The first kappa shape index (κ1) is 15.7. The molecule has 0 aliphatic heterocycles. The highest BCUT2D eigenvalue weighted by Gasteiger charge is 2.21. The molecule has 2 rings (SSSR count). The number of amides is 1. The Hall–Kier alpha value is -2.64. The highest BCUT2D eigenvalue weighted by Crippen LogP contribution is 2.12. The predicted octanol–water partition coefficient (Wildman–Crippen LogP) is 1.02. The molecule has 0 spiro atoms. The molecule has 0 radical (unpaired) electrons. The minimum atomic E-state index is -1.11. The quantitative estimate of drug-likeness (QED) is 0.860. The fourth-order valence-electron chi connectivity index (χ4n) is 2.20. The van der Waals surface area contributed by atoms with Crippen molar-refractivity contribution in [2.24, 2.45) is 0 Å². The van der Waals surface area contributed by atoms with E-state index >= 15 is 0 Å². The monoisotopic (exact) mass is 305 g/mol. The van der Waals surface area contributed by atoms with Crippen molar-refractivity contribution in [2.75, 3.05) is 7.05 Å². The molecule has 0 saturated carbocycles. The lowest BCUT2D eigenvalue weighted by Gasteiger charge is -2.22. The van der Waals surface area contributed by atoms with E-state index < -0.39 is 12.0 Å². The molecule has 2 aromatic rings. The van der Waals surface area contributed by atoms with Gasteiger partial charge < -0.3 is 10.0 Å². The van der Waals surface area contributed by atoms with Crippen molar-refractivity contribution in [3.63, 3.8) is 0 Å². The maximum absolute atomic E-state index is 12.4. The van der Waals surface area contributed by atoms with E-state index in [-0.39, 0.29) is 11.6 Å². The van der Waals surface area contributed by atoms with Crippen molar-refractivity contribution in [2.45, 2.75) is 33.0 Å². The normalized spacial score (nSPS) is 12.1. The van der Waals surface area contributed by atoms with Gasteiger partial charge in [0.1, 0.15) is 6.04 Å². The zero-order valence-electron chi connectivity index (χ0n) is 12.8. The van der Waals surface area contributed by atoms with Crippen LogP contribution in [-0.2, 0) is 17.9 Å². The van der Waals surface area contributed by atoms with Gasteiger partial charge in [-0.15, -0.1) is 0 Å². The summed E-state index contributed by atoms with van der Waals surface area (Å²) in [6, 6.07) is 2.67. The van der Waals surface area contributed by atoms with E-state index in [4.69, 9.17) is 5.11 Å². The maximum atomic E-state index is 12.4. The van der Waals surface area contributed by atoms with Crippen LogP contribution in [0.3, 0.4) is 0 Å². The maximum Gasteiger partial charge on any atom is 0.356 e. The summed E-state index contributed by atoms with van der Waals surface area (Å²) in [5, 5.41) is 16.9. The van der Waals surface area contributed by atoms with Crippen LogP contribution >= 0.6 is 0 Å². The van der Waals surface area contributed by atoms with Gasteiger partial charge in [0, 0.05) is 26.0 Å². The molecule has 0 fully saturated rings. The molecule has 2 aromatic heterocycles. The van der Waals surface area contributed by atoms with E-state index in [1.54, 1.807) is 25.1 Å². The number of rotatable bonds is 6. The van der Waals surface area contributed by atoms with Gasteiger partial charge >= 0.3 is 5.97 Å². The van der Waals surface area contributed by atoms with Crippen LogP contribution < -0.4 is 0 Å². The van der Waals surface area contributed by atoms with Crippen molar-refractivity contribution in [1.29, 1.82) is 0 Å². The molecule has 1 atom stereocenters. The second-order valence-corrected chi connectivity index (χ2v) is 4.99. The van der Waals surface area contributed by atoms with Crippen molar-refractivity contribution in [3.05, 3.63) is 35.9 Å². The number of hydrogen-bond acceptors (Lipinski definition) is 4. The van der Waals surface area contributed by atoms with E-state index in [1.807, 2.05) is 17.7 Å². The van der Waals surface area contributed by atoms with Crippen LogP contribution in [0.2, 0.25) is 0 Å². The van der Waals surface area contributed by atoms with Gasteiger partial charge in [-0.3, -0.25) is 14.2 Å². The minimum Gasteiger partial charge on any atom is -0.476 e. The fraction of sp³-hybridized carbons (Fsp3) is 0.429. The zero-order valence-corrected chi connectivity index (χ0v) is 12.8. The van der Waals surface area contributed by atoms with Crippen LogP contribution in [0.5, 0.6) is 0 Å². The van der Waals surface area contributed by atoms with Gasteiger partial charge in [0.05, 0.1) is 12.2 Å². The molecule has 0 aromatic carbocycles. The Morgan fingerprint density at radius 2 is 2.14 bits per heavy atom. The topological polar surface area (TPSA) is 93.2 Å². The average molecular weight is 305 g/mol. The van der Waals surface area contributed by atoms with Gasteiger partial charge in [-0.1, -0.05) is 0 Å². The lowest BCUT2D eigenvalue weighted by molar-refractivity contribution is -0.133. The average Bonchev–Trinajstić information content (AvgIpc) is 3.14. The molecule has 2 heterocycles. The number of carboxylic acid groups (broad SMARTS) is 1. The third-order valence-electron chi connectivity index (χ3n) is 3.46. The number of aromatic carboxylic acids is 1. The Labute approximate surface area is 127 Å². The number of nitrogens with zero attached hydrogens (tertiary/aromatic N) is 5. The minimum absolute atomic E-state index is 0.0774. The molecular weight excluding hydrogens is 286 g/mol. The second-order valence-electron chi connectivity index (χ2n) is 4.99. The molecule has 8 nitrogen and oxygen atoms in total. The summed E-state index contributed by atoms with van der Waals surface area (Å²) in [6.07, 6.45) is 3.20. The summed E-state index contributed by atoms with van der Waals surface area (Å²) >= 11 is 0. The van der Waals surface area contributed by atoms with Crippen molar-refractivity contribution >= 4 is 11.9 Å². The number of aromatic nitrogens is 4. The Bertz CT molecular complexity index is 676. The van der Waals surface area contributed by atoms with Gasteiger partial charge in [0.15, 0.2) is 5.69 Å². The summed E-state index contributed by atoms with van der Waals surface area (Å²) in [5.74, 6) is -1.26. The van der Waals surface area contributed by atoms with E-state index in [0.717, 1.165) is 12.2 Å². The second kappa shape index (κ2) is 6.42. The number of carboxylic acids is 1. The molecule has 1 amide bonds. The number of aryl methyl sites for hydroxylation is 1. The molecule has 118 valence electrons. The van der Waals surface area contributed by atoms with E-state index in [0.29, 0.717) is 6.54 Å². The molecule has 22 heavy (non-hydrogen) atoms. The summed E-state index contributed by atoms with van der Waals surface area (Å²) in [5.41, 5.74) is 0.864. The van der Waals surface area contributed by atoms with Crippen molar-refractivity contribution < 1.29 is 14.7 Å². The van der Waals surface area contributed by atoms with Crippen LogP contribution in [-0.4, -0.2) is 48.5 Å². The van der Waals surface area contributed by atoms with Gasteiger partial charge in [0.2, 0.25) is 5.91 Å². The lowest BCUT2D eigenvalue weighted by atomic mass is 10.3. The van der Waals surface area contributed by atoms with Gasteiger partial charge in [-0.05, 0) is 26.0 Å². The molecule has 0 saturated heterocycles. The van der Waals surface area contributed by atoms with Crippen molar-refractivity contribution in [1.82, 2.24) is 24.5 Å². The Morgan fingerprint density at radius 1 is 1.41 bits per heavy atom. The Morgan fingerprint density at radius 3 is 2.73 bits per heavy atom. The van der Waals surface area contributed by atoms with Crippen LogP contribution in [0.4, 0.5) is 0 Å². The third-order valence-corrected chi connectivity index (χ3v) is 3.46. The van der Waals surface area contributed by atoms with Crippen molar-refractivity contribution in [3.8, 4) is 0 Å². The fourth-order valence-corrected chi connectivity index (χ4v) is 2.20. The smallest absolute Gasteiger partial charge is 0.356 e. The summed E-state index contributed by atoms with van der Waals surface area (Å²) in [6.45, 7) is 4.85. The highest BCUT2D eigenvalue weighted by atomic mass is 16.4. The first-order valence-electron chi connectivity index (χ1n) is 6.98. The third kappa shape index (κ3) is 3.16. The molecule has 0 bridgehead atoms. The van der Waals surface area contributed by atoms with E-state index in [2.05, 4.69) is 10.2 Å². The molecule has 1 N–H and O–H groups in total. The van der Waals surface area contributed by atoms with Crippen LogP contribution in [0.15, 0.2) is 24.5 Å². The molecule has 0 aliphatic rings. The standard InChI is InChI=1S/C14H19N5O3/c1-4-18-11(5-7-15-18)9-17(3)13(20)10(2)19-8-6-12(16-19)14(21)22/h5-8,10H,4,9H2,1-3H3,(H,21,22). The summed E-state index contributed by atoms with van der Waals surface area (Å²) < 4.78 is 3.18. The highest BCUT2D eigenvalue weighted by molar-refractivity contribution is 5.85. The SMILES string of the molecule is CCn1nccc1CN(C)C(=O)C(C)n1ccc(C(=O)O)n1. The van der Waals surface area contributed by atoms with E-state index in [1.165, 1.54) is 16.9 Å². The molecule has 1 unspecified atom stereocenters. The largest absolute Gasteiger partial charge is 0.476 e. The number of likely N-dealkylation sites (N-methyl/N-ethyl adjacent to an activating group) is 1. The van der Waals surface area contributed by atoms with Crippen LogP contribution in [0.25, 0.3) is 0 Å². The zero-order chi connectivity index (χ0) is 16.3. The van der Waals surface area contributed by atoms with Gasteiger partial charge in [-0.25, -0.2) is 4.79 Å². The van der Waals surface area contributed by atoms with E-state index in [9.17, 15) is 9.59 Å². The van der Waals surface area contributed by atoms with Crippen LogP contribution in [0, 0.1) is 0 Å². The number of carbonyl (C=O) groups excluding carboxylic acids is 1. The first-order valence-corrected chi connectivity index (χ1v) is 6.98. The Kier molecular flexibility index (Phi) is 4.59. The Balaban J connectivity index is 2.07. The number of carbonyl (C=O) groups is 2. The number of hydrogen-bond donors (Lipinski definition) is 1. The lowest BCUT2D eigenvalue weighted by Crippen LogP contribution is -2.33. The van der Waals surface area contributed by atoms with Crippen LogP contribution in [0.1, 0.15) is 36.1 Å². The first-order chi connectivity index (χ1) is 10.4. The van der Waals surface area contributed by atoms with Gasteiger partial charge in [-0.2, -0.15) is 10.2 Å². The molecular formula is C14H19N5O3. The summed E-state index contributed by atoms with van der Waals surface area (Å²) in [4.78, 5) is 24.9. The summed E-state index contributed by atoms with van der Waals surface area (Å²) in [7, 11) is 1.70. The van der Waals surface area contributed by atoms with Gasteiger partial charge in [0.25, 0.3) is 0 Å². The molecule has 0 aliphatic carbocycles. The molecule has 8 heteroatoms. The predicted molar refractivity (Wildman–Crippen MR) is 78.3 cm³/mol.